The van der Waals surface area contributed by atoms with Crippen molar-refractivity contribution >= 4 is 10.9 Å². The van der Waals surface area contributed by atoms with Gasteiger partial charge in [-0.1, -0.05) is 12.1 Å². The summed E-state index contributed by atoms with van der Waals surface area (Å²) in [4.78, 5) is 14.8. The molecule has 0 atom stereocenters. The molecule has 1 aromatic heterocycles. The fourth-order valence-corrected chi connectivity index (χ4v) is 3.06. The van der Waals surface area contributed by atoms with Gasteiger partial charge in [0.25, 0.3) is 5.56 Å². The van der Waals surface area contributed by atoms with Gasteiger partial charge in [0.15, 0.2) is 0 Å². The summed E-state index contributed by atoms with van der Waals surface area (Å²) in [5, 5.41) is 4.54. The first-order valence-corrected chi connectivity index (χ1v) is 7.69. The minimum absolute atomic E-state index is 0.112. The van der Waals surface area contributed by atoms with E-state index in [2.05, 4.69) is 35.3 Å². The molecular weight excluding hydrogens is 262 g/mol. The van der Waals surface area contributed by atoms with Crippen LogP contribution >= 0.6 is 0 Å². The molecule has 4 heteroatoms. The molecular formula is C17H23N3O. The number of piperazine rings is 1. The van der Waals surface area contributed by atoms with Crippen molar-refractivity contribution in [2.75, 3.05) is 32.7 Å². The highest BCUT2D eigenvalue weighted by Gasteiger charge is 2.11. The second kappa shape index (κ2) is 6.00. The van der Waals surface area contributed by atoms with Crippen LogP contribution in [0.4, 0.5) is 0 Å². The predicted octanol–water partition coefficient (Wildman–Crippen LogP) is 1.52. The first kappa shape index (κ1) is 14.3. The standard InChI is InChI=1S/C17H23N3O/c1-13-3-4-15-14(2)12-17(21)20(16(15)11-13)10-9-19-7-5-18-6-8-19/h3-4,11-12,18H,5-10H2,1-2H3. The highest BCUT2D eigenvalue weighted by atomic mass is 16.1. The van der Waals surface area contributed by atoms with Crippen molar-refractivity contribution < 1.29 is 0 Å². The Labute approximate surface area is 125 Å². The lowest BCUT2D eigenvalue weighted by molar-refractivity contribution is 0.232. The molecule has 1 saturated heterocycles. The molecule has 0 amide bonds. The fourth-order valence-electron chi connectivity index (χ4n) is 3.06. The molecule has 3 rings (SSSR count). The summed E-state index contributed by atoms with van der Waals surface area (Å²) < 4.78 is 1.93. The van der Waals surface area contributed by atoms with E-state index in [9.17, 15) is 4.79 Å². The molecule has 0 radical (unpaired) electrons. The lowest BCUT2D eigenvalue weighted by Gasteiger charge is -2.27. The lowest BCUT2D eigenvalue weighted by atomic mass is 10.1. The number of hydrogen-bond donors (Lipinski definition) is 1. The van der Waals surface area contributed by atoms with E-state index in [0.29, 0.717) is 0 Å². The Morgan fingerprint density at radius 1 is 1.10 bits per heavy atom. The van der Waals surface area contributed by atoms with Crippen LogP contribution in [0.15, 0.2) is 29.1 Å². The average Bonchev–Trinajstić information content (AvgIpc) is 2.47. The van der Waals surface area contributed by atoms with Gasteiger partial charge in [0.2, 0.25) is 0 Å². The van der Waals surface area contributed by atoms with Gasteiger partial charge >= 0.3 is 0 Å². The zero-order valence-corrected chi connectivity index (χ0v) is 12.9. The maximum atomic E-state index is 12.4. The fraction of sp³-hybridized carbons (Fsp3) is 0.471. The van der Waals surface area contributed by atoms with Gasteiger partial charge in [-0.2, -0.15) is 0 Å². The maximum absolute atomic E-state index is 12.4. The Hall–Kier alpha value is -1.65. The van der Waals surface area contributed by atoms with E-state index in [1.165, 1.54) is 10.9 Å². The Kier molecular flexibility index (Phi) is 4.08. The van der Waals surface area contributed by atoms with E-state index >= 15 is 0 Å². The van der Waals surface area contributed by atoms with Crippen LogP contribution in [0.3, 0.4) is 0 Å². The molecule has 0 spiro atoms. The van der Waals surface area contributed by atoms with Gasteiger partial charge in [-0.3, -0.25) is 9.69 Å². The average molecular weight is 285 g/mol. The van der Waals surface area contributed by atoms with Gasteiger partial charge in [-0.25, -0.2) is 0 Å². The summed E-state index contributed by atoms with van der Waals surface area (Å²) >= 11 is 0. The molecule has 1 N–H and O–H groups in total. The predicted molar refractivity (Wildman–Crippen MR) is 87.0 cm³/mol. The first-order valence-electron chi connectivity index (χ1n) is 7.69. The van der Waals surface area contributed by atoms with E-state index in [4.69, 9.17) is 0 Å². The molecule has 0 bridgehead atoms. The Balaban J connectivity index is 1.93. The van der Waals surface area contributed by atoms with Gasteiger partial charge < -0.3 is 9.88 Å². The molecule has 21 heavy (non-hydrogen) atoms. The number of hydrogen-bond acceptors (Lipinski definition) is 3. The molecule has 2 heterocycles. The monoisotopic (exact) mass is 285 g/mol. The molecule has 1 aliphatic rings. The van der Waals surface area contributed by atoms with Crippen molar-refractivity contribution in [3.05, 3.63) is 45.7 Å². The van der Waals surface area contributed by atoms with Crippen LogP contribution in [-0.2, 0) is 6.54 Å². The first-order chi connectivity index (χ1) is 10.1. The topological polar surface area (TPSA) is 37.3 Å². The molecule has 1 aromatic carbocycles. The summed E-state index contributed by atoms with van der Waals surface area (Å²) in [7, 11) is 0. The Morgan fingerprint density at radius 2 is 1.86 bits per heavy atom. The smallest absolute Gasteiger partial charge is 0.251 e. The van der Waals surface area contributed by atoms with Crippen molar-refractivity contribution in [1.82, 2.24) is 14.8 Å². The summed E-state index contributed by atoms with van der Waals surface area (Å²) in [6, 6.07) is 8.12. The number of benzene rings is 1. The van der Waals surface area contributed by atoms with E-state index in [1.54, 1.807) is 6.07 Å². The van der Waals surface area contributed by atoms with Crippen molar-refractivity contribution in [3.63, 3.8) is 0 Å². The van der Waals surface area contributed by atoms with Crippen LogP contribution in [0.25, 0.3) is 10.9 Å². The number of aryl methyl sites for hydroxylation is 2. The highest BCUT2D eigenvalue weighted by molar-refractivity contribution is 5.83. The maximum Gasteiger partial charge on any atom is 0.251 e. The Morgan fingerprint density at radius 3 is 2.62 bits per heavy atom. The number of aromatic nitrogens is 1. The summed E-state index contributed by atoms with van der Waals surface area (Å²) in [6.07, 6.45) is 0. The third-order valence-electron chi connectivity index (χ3n) is 4.32. The quantitative estimate of drug-likeness (QED) is 0.929. The number of pyridine rings is 1. The largest absolute Gasteiger partial charge is 0.314 e. The van der Waals surface area contributed by atoms with Gasteiger partial charge in [0.1, 0.15) is 0 Å². The molecule has 0 saturated carbocycles. The minimum atomic E-state index is 0.112. The number of nitrogens with zero attached hydrogens (tertiary/aromatic N) is 2. The molecule has 0 aliphatic carbocycles. The van der Waals surface area contributed by atoms with E-state index in [1.807, 2.05) is 11.5 Å². The SMILES string of the molecule is Cc1ccc2c(C)cc(=O)n(CCN3CCNCC3)c2c1. The second-order valence-corrected chi connectivity index (χ2v) is 5.93. The Bertz CT molecular complexity index is 699. The summed E-state index contributed by atoms with van der Waals surface area (Å²) in [6.45, 7) is 10.0. The van der Waals surface area contributed by atoms with Gasteiger partial charge in [0, 0.05) is 50.7 Å². The lowest BCUT2D eigenvalue weighted by Crippen LogP contribution is -2.45. The zero-order valence-electron chi connectivity index (χ0n) is 12.9. The molecule has 4 nitrogen and oxygen atoms in total. The second-order valence-electron chi connectivity index (χ2n) is 5.93. The molecule has 0 unspecified atom stereocenters. The van der Waals surface area contributed by atoms with Crippen LogP contribution in [0, 0.1) is 13.8 Å². The number of fused-ring (bicyclic) bond motifs is 1. The van der Waals surface area contributed by atoms with Crippen LogP contribution in [0.5, 0.6) is 0 Å². The van der Waals surface area contributed by atoms with Crippen molar-refractivity contribution in [2.24, 2.45) is 0 Å². The highest BCUT2D eigenvalue weighted by Crippen LogP contribution is 2.18. The molecule has 1 aliphatic heterocycles. The van der Waals surface area contributed by atoms with Crippen LogP contribution in [-0.4, -0.2) is 42.2 Å². The molecule has 112 valence electrons. The third kappa shape index (κ3) is 3.01. The summed E-state index contributed by atoms with van der Waals surface area (Å²) in [5.74, 6) is 0. The normalized spacial score (nSPS) is 16.5. The minimum Gasteiger partial charge on any atom is -0.314 e. The van der Waals surface area contributed by atoms with E-state index in [-0.39, 0.29) is 5.56 Å². The van der Waals surface area contributed by atoms with Crippen LogP contribution in [0.2, 0.25) is 0 Å². The van der Waals surface area contributed by atoms with Crippen molar-refractivity contribution in [3.8, 4) is 0 Å². The zero-order chi connectivity index (χ0) is 14.8. The van der Waals surface area contributed by atoms with E-state index < -0.39 is 0 Å². The van der Waals surface area contributed by atoms with Crippen molar-refractivity contribution in [2.45, 2.75) is 20.4 Å². The van der Waals surface area contributed by atoms with Crippen LogP contribution < -0.4 is 10.9 Å². The van der Waals surface area contributed by atoms with Gasteiger partial charge in [0.05, 0.1) is 5.52 Å². The molecule has 2 aromatic rings. The van der Waals surface area contributed by atoms with E-state index in [0.717, 1.165) is 50.3 Å². The molecule has 1 fully saturated rings. The number of nitrogens with one attached hydrogen (secondary N) is 1. The number of rotatable bonds is 3. The third-order valence-corrected chi connectivity index (χ3v) is 4.32. The van der Waals surface area contributed by atoms with Crippen molar-refractivity contribution in [1.29, 1.82) is 0 Å². The summed E-state index contributed by atoms with van der Waals surface area (Å²) in [5.41, 5.74) is 3.44. The van der Waals surface area contributed by atoms with Gasteiger partial charge in [-0.15, -0.1) is 0 Å². The van der Waals surface area contributed by atoms with Crippen LogP contribution in [0.1, 0.15) is 11.1 Å². The van der Waals surface area contributed by atoms with Gasteiger partial charge in [-0.05, 0) is 31.0 Å².